The first-order valence-electron chi connectivity index (χ1n) is 11.0. The molecule has 0 atom stereocenters. The van der Waals surface area contributed by atoms with Crippen molar-refractivity contribution in [2.75, 3.05) is 17.4 Å². The summed E-state index contributed by atoms with van der Waals surface area (Å²) < 4.78 is 33.8. The van der Waals surface area contributed by atoms with Gasteiger partial charge in [0.2, 0.25) is 11.8 Å². The van der Waals surface area contributed by atoms with Crippen molar-refractivity contribution in [1.29, 1.82) is 0 Å². The number of pyridine rings is 1. The first-order valence-corrected chi connectivity index (χ1v) is 14.0. The summed E-state index contributed by atoms with van der Waals surface area (Å²) in [6.07, 6.45) is 6.88. The summed E-state index contributed by atoms with van der Waals surface area (Å²) in [7, 11) is -4.28. The smallest absolute Gasteiger partial charge is 0.281 e. The summed E-state index contributed by atoms with van der Waals surface area (Å²) in [6, 6.07) is 4.36. The van der Waals surface area contributed by atoms with E-state index in [1.165, 1.54) is 24.4 Å². The SMILES string of the molecule is CCCCc1cnc(-c2cnc(N(C(=O)C3CCNCC3)S(=O)(=O)c3ccc(Cl)s3)c(Cl)c2)o1. The number of rotatable bonds is 8. The van der Waals surface area contributed by atoms with Crippen LogP contribution in [0.5, 0.6) is 0 Å². The average Bonchev–Trinajstić information content (AvgIpc) is 3.49. The van der Waals surface area contributed by atoms with Crippen LogP contribution >= 0.6 is 34.5 Å². The third-order valence-corrected chi connectivity index (χ3v) is 9.19. The second-order valence-electron chi connectivity index (χ2n) is 7.96. The van der Waals surface area contributed by atoms with E-state index < -0.39 is 21.8 Å². The number of piperidine rings is 1. The van der Waals surface area contributed by atoms with Gasteiger partial charge in [0.15, 0.2) is 5.82 Å². The Morgan fingerprint density at radius 3 is 2.65 bits per heavy atom. The Morgan fingerprint density at radius 1 is 1.24 bits per heavy atom. The topological polar surface area (TPSA) is 105 Å². The maximum absolute atomic E-state index is 13.6. The molecule has 1 saturated heterocycles. The molecule has 0 saturated carbocycles. The number of hydrogen-bond acceptors (Lipinski definition) is 8. The van der Waals surface area contributed by atoms with E-state index in [2.05, 4.69) is 22.2 Å². The molecule has 3 aromatic heterocycles. The summed E-state index contributed by atoms with van der Waals surface area (Å²) in [5, 5.41) is 3.18. The minimum absolute atomic E-state index is 0.000629. The van der Waals surface area contributed by atoms with Gasteiger partial charge < -0.3 is 9.73 Å². The van der Waals surface area contributed by atoms with Crippen LogP contribution in [-0.2, 0) is 21.2 Å². The summed E-state index contributed by atoms with van der Waals surface area (Å²) >= 11 is 13.4. The van der Waals surface area contributed by atoms with Crippen molar-refractivity contribution in [1.82, 2.24) is 15.3 Å². The molecule has 1 N–H and O–H groups in total. The fourth-order valence-corrected chi connectivity index (χ4v) is 7.01. The zero-order valence-electron chi connectivity index (χ0n) is 18.5. The average molecular weight is 543 g/mol. The molecular formula is C22H24Cl2N4O4S2. The molecule has 0 radical (unpaired) electrons. The fourth-order valence-electron chi connectivity index (χ4n) is 3.70. The van der Waals surface area contributed by atoms with Crippen LogP contribution in [-0.4, -0.2) is 37.4 Å². The van der Waals surface area contributed by atoms with E-state index in [1.807, 2.05) is 0 Å². The number of nitrogens with zero attached hydrogens (tertiary/aromatic N) is 3. The largest absolute Gasteiger partial charge is 0.441 e. The standard InChI is InChI=1S/C22H24Cl2N4O4S2/c1-2-3-4-16-13-27-21(32-16)15-11-17(23)20(26-12-15)28(22(29)14-7-9-25-10-8-14)34(30,31)19-6-5-18(24)33-19/h5-6,11-14,25H,2-4,7-10H2,1H3. The number of nitrogens with one attached hydrogen (secondary N) is 1. The lowest BCUT2D eigenvalue weighted by molar-refractivity contribution is -0.121. The number of halogens is 2. The van der Waals surface area contributed by atoms with E-state index in [4.69, 9.17) is 27.6 Å². The highest BCUT2D eigenvalue weighted by atomic mass is 35.5. The van der Waals surface area contributed by atoms with Crippen LogP contribution in [0.2, 0.25) is 9.36 Å². The van der Waals surface area contributed by atoms with E-state index in [-0.39, 0.29) is 15.0 Å². The highest BCUT2D eigenvalue weighted by molar-refractivity contribution is 7.95. The van der Waals surface area contributed by atoms with Crippen molar-refractivity contribution in [3.05, 3.63) is 45.7 Å². The lowest BCUT2D eigenvalue weighted by Gasteiger charge is -2.28. The third-order valence-electron chi connectivity index (χ3n) is 5.52. The number of hydrogen-bond donors (Lipinski definition) is 1. The molecule has 12 heteroatoms. The number of carbonyl (C=O) groups is 1. The summed E-state index contributed by atoms with van der Waals surface area (Å²) in [4.78, 5) is 22.1. The molecule has 0 aromatic carbocycles. The molecule has 8 nitrogen and oxygen atoms in total. The molecule has 1 aliphatic heterocycles. The molecule has 182 valence electrons. The highest BCUT2D eigenvalue weighted by Gasteiger charge is 2.38. The molecule has 34 heavy (non-hydrogen) atoms. The Morgan fingerprint density at radius 2 is 2.00 bits per heavy atom. The van der Waals surface area contributed by atoms with Crippen LogP contribution in [0.3, 0.4) is 0 Å². The number of oxazole rings is 1. The number of sulfonamides is 1. The summed E-state index contributed by atoms with van der Waals surface area (Å²) in [6.45, 7) is 3.34. The lowest BCUT2D eigenvalue weighted by atomic mass is 9.97. The van der Waals surface area contributed by atoms with Crippen molar-refractivity contribution in [2.24, 2.45) is 5.92 Å². The molecule has 0 unspecified atom stereocenters. The molecule has 3 aromatic rings. The number of amides is 1. The number of aryl methyl sites for hydroxylation is 1. The molecule has 4 rings (SSSR count). The normalized spacial score (nSPS) is 14.9. The Bertz CT molecular complexity index is 1270. The van der Waals surface area contributed by atoms with Crippen LogP contribution in [0, 0.1) is 5.92 Å². The number of anilines is 1. The van der Waals surface area contributed by atoms with Gasteiger partial charge in [0.05, 0.1) is 21.1 Å². The van der Waals surface area contributed by atoms with E-state index in [1.54, 1.807) is 6.20 Å². The van der Waals surface area contributed by atoms with Crippen molar-refractivity contribution in [2.45, 2.75) is 43.2 Å². The Hall–Kier alpha value is -1.98. The predicted octanol–water partition coefficient (Wildman–Crippen LogP) is 5.17. The first kappa shape index (κ1) is 25.1. The second-order valence-corrected chi connectivity index (χ2v) is 12.1. The third kappa shape index (κ3) is 5.31. The van der Waals surface area contributed by atoms with Crippen LogP contribution < -0.4 is 9.62 Å². The maximum Gasteiger partial charge on any atom is 0.281 e. The van der Waals surface area contributed by atoms with Gasteiger partial charge >= 0.3 is 0 Å². The van der Waals surface area contributed by atoms with E-state index in [0.29, 0.717) is 41.7 Å². The first-order chi connectivity index (χ1) is 16.3. The molecule has 0 bridgehead atoms. The minimum Gasteiger partial charge on any atom is -0.441 e. The molecule has 1 aliphatic rings. The van der Waals surface area contributed by atoms with Gasteiger partial charge in [0, 0.05) is 18.5 Å². The summed E-state index contributed by atoms with van der Waals surface area (Å²) in [5.74, 6) is -0.118. The quantitative estimate of drug-likeness (QED) is 0.418. The van der Waals surface area contributed by atoms with Crippen molar-refractivity contribution >= 4 is 56.3 Å². The number of thiophene rings is 1. The van der Waals surface area contributed by atoms with Crippen LogP contribution in [0.15, 0.2) is 39.2 Å². The zero-order valence-corrected chi connectivity index (χ0v) is 21.6. The Kier molecular flexibility index (Phi) is 7.94. The van der Waals surface area contributed by atoms with Gasteiger partial charge in [0.25, 0.3) is 10.0 Å². The highest BCUT2D eigenvalue weighted by Crippen LogP contribution is 2.36. The second kappa shape index (κ2) is 10.7. The molecule has 4 heterocycles. The van der Waals surface area contributed by atoms with Crippen molar-refractivity contribution in [3.8, 4) is 11.5 Å². The summed E-state index contributed by atoms with van der Waals surface area (Å²) in [5.41, 5.74) is 0.488. The molecule has 1 amide bonds. The van der Waals surface area contributed by atoms with Gasteiger partial charge in [-0.05, 0) is 50.6 Å². The van der Waals surface area contributed by atoms with Gasteiger partial charge in [-0.2, -0.15) is 12.7 Å². The monoisotopic (exact) mass is 542 g/mol. The molecule has 0 aliphatic carbocycles. The molecule has 0 spiro atoms. The zero-order chi connectivity index (χ0) is 24.3. The lowest BCUT2D eigenvalue weighted by Crippen LogP contribution is -2.44. The van der Waals surface area contributed by atoms with E-state index in [0.717, 1.165) is 40.7 Å². The predicted molar refractivity (Wildman–Crippen MR) is 133 cm³/mol. The number of aromatic nitrogens is 2. The van der Waals surface area contributed by atoms with Gasteiger partial charge in [-0.3, -0.25) is 4.79 Å². The molecule has 1 fully saturated rings. The van der Waals surface area contributed by atoms with E-state index >= 15 is 0 Å². The van der Waals surface area contributed by atoms with Gasteiger partial charge in [-0.25, -0.2) is 9.97 Å². The van der Waals surface area contributed by atoms with Gasteiger partial charge in [-0.1, -0.05) is 36.5 Å². The van der Waals surface area contributed by atoms with Crippen LogP contribution in [0.4, 0.5) is 5.82 Å². The number of unbranched alkanes of at least 4 members (excludes halogenated alkanes) is 1. The molecular weight excluding hydrogens is 519 g/mol. The van der Waals surface area contributed by atoms with Crippen LogP contribution in [0.1, 0.15) is 38.4 Å². The Labute approximate surface area is 212 Å². The van der Waals surface area contributed by atoms with Gasteiger partial charge in [0.1, 0.15) is 9.97 Å². The van der Waals surface area contributed by atoms with Crippen LogP contribution in [0.25, 0.3) is 11.5 Å². The van der Waals surface area contributed by atoms with E-state index in [9.17, 15) is 13.2 Å². The minimum atomic E-state index is -4.28. The number of carbonyl (C=O) groups excluding carboxylic acids is 1. The Balaban J connectivity index is 1.72. The van der Waals surface area contributed by atoms with Crippen molar-refractivity contribution in [3.63, 3.8) is 0 Å². The van der Waals surface area contributed by atoms with Gasteiger partial charge in [-0.15, -0.1) is 11.3 Å². The fraction of sp³-hybridized carbons (Fsp3) is 0.409. The van der Waals surface area contributed by atoms with Crippen molar-refractivity contribution < 1.29 is 17.6 Å². The maximum atomic E-state index is 13.6.